The Kier molecular flexibility index (Phi) is 4.74. The molecule has 0 spiro atoms. The lowest BCUT2D eigenvalue weighted by Gasteiger charge is -2.07. The number of nitrogens with zero attached hydrogens (tertiary/aromatic N) is 3. The predicted molar refractivity (Wildman–Crippen MR) is 105 cm³/mol. The van der Waals surface area contributed by atoms with E-state index >= 15 is 0 Å². The molecule has 3 heterocycles. The van der Waals surface area contributed by atoms with E-state index in [2.05, 4.69) is 15.5 Å². The molecule has 0 fully saturated rings. The highest BCUT2D eigenvalue weighted by Crippen LogP contribution is 2.28. The maximum atomic E-state index is 12.0. The first-order chi connectivity index (χ1) is 13.5. The van der Waals surface area contributed by atoms with E-state index < -0.39 is 5.63 Å². The van der Waals surface area contributed by atoms with Gasteiger partial charge in [0.25, 0.3) is 0 Å². The topological polar surface area (TPSA) is 103 Å². The van der Waals surface area contributed by atoms with Gasteiger partial charge in [-0.3, -0.25) is 4.79 Å². The smallest absolute Gasteiger partial charge is 0.336 e. The summed E-state index contributed by atoms with van der Waals surface area (Å²) in [7, 11) is 1.86. The van der Waals surface area contributed by atoms with Crippen LogP contribution in [0.15, 0.2) is 61.4 Å². The van der Waals surface area contributed by atoms with Crippen molar-refractivity contribution in [3.05, 3.63) is 58.6 Å². The van der Waals surface area contributed by atoms with Crippen molar-refractivity contribution in [2.75, 3.05) is 5.32 Å². The summed E-state index contributed by atoms with van der Waals surface area (Å²) in [4.78, 5) is 23.2. The number of thioether (sulfide) groups is 1. The lowest BCUT2D eigenvalue weighted by Crippen LogP contribution is -2.06. The van der Waals surface area contributed by atoms with Gasteiger partial charge in [-0.25, -0.2) is 4.79 Å². The van der Waals surface area contributed by atoms with Gasteiger partial charge in [0.05, 0.1) is 6.26 Å². The molecule has 0 unspecified atom stereocenters. The van der Waals surface area contributed by atoms with Gasteiger partial charge in [0.2, 0.25) is 5.91 Å². The van der Waals surface area contributed by atoms with E-state index in [4.69, 9.17) is 8.83 Å². The second-order valence-corrected chi connectivity index (χ2v) is 7.06. The number of anilines is 1. The number of carbonyl (C=O) groups is 1. The molecule has 0 bridgehead atoms. The van der Waals surface area contributed by atoms with Crippen molar-refractivity contribution in [1.29, 1.82) is 0 Å². The third-order valence-electron chi connectivity index (χ3n) is 4.08. The van der Waals surface area contributed by atoms with Crippen LogP contribution in [0.4, 0.5) is 5.69 Å². The Labute approximate surface area is 163 Å². The van der Waals surface area contributed by atoms with Crippen LogP contribution in [-0.2, 0) is 17.6 Å². The van der Waals surface area contributed by atoms with E-state index in [1.165, 1.54) is 24.8 Å². The third-order valence-corrected chi connectivity index (χ3v) is 5.15. The summed E-state index contributed by atoms with van der Waals surface area (Å²) >= 11 is 1.45. The number of aromatic nitrogens is 3. The van der Waals surface area contributed by atoms with E-state index in [-0.39, 0.29) is 5.91 Å². The number of hydrogen-bond acceptors (Lipinski definition) is 7. The molecule has 1 aromatic carbocycles. The lowest BCUT2D eigenvalue weighted by molar-refractivity contribution is -0.114. The van der Waals surface area contributed by atoms with Crippen molar-refractivity contribution in [2.45, 2.75) is 17.8 Å². The van der Waals surface area contributed by atoms with Crippen LogP contribution in [0.5, 0.6) is 0 Å². The van der Waals surface area contributed by atoms with Gasteiger partial charge in [-0.15, -0.1) is 10.2 Å². The lowest BCUT2D eigenvalue weighted by atomic mass is 10.1. The summed E-state index contributed by atoms with van der Waals surface area (Å²) in [6.07, 6.45) is 1.58. The second kappa shape index (κ2) is 7.35. The standard InChI is InChI=1S/C19H16N4O4S/c1-11(24)20-13-5-6-14-12(8-17(25)27-16(14)9-13)10-28-19-22-21-18(23(19)2)15-4-3-7-26-15/h3-9H,10H2,1-2H3,(H,20,24). The van der Waals surface area contributed by atoms with E-state index in [0.29, 0.717) is 33.8 Å². The van der Waals surface area contributed by atoms with E-state index in [9.17, 15) is 9.59 Å². The number of hydrogen-bond donors (Lipinski definition) is 1. The van der Waals surface area contributed by atoms with Crippen molar-refractivity contribution in [3.8, 4) is 11.6 Å². The maximum Gasteiger partial charge on any atom is 0.336 e. The van der Waals surface area contributed by atoms with Crippen LogP contribution in [0.2, 0.25) is 0 Å². The number of carbonyl (C=O) groups excluding carboxylic acids is 1. The van der Waals surface area contributed by atoms with Crippen LogP contribution in [0, 0.1) is 0 Å². The first kappa shape index (κ1) is 18.1. The van der Waals surface area contributed by atoms with E-state index in [0.717, 1.165) is 10.9 Å². The monoisotopic (exact) mass is 396 g/mol. The Morgan fingerprint density at radius 2 is 2.11 bits per heavy atom. The van der Waals surface area contributed by atoms with Crippen molar-refractivity contribution in [2.24, 2.45) is 7.05 Å². The molecule has 4 aromatic rings. The molecule has 0 saturated carbocycles. The van der Waals surface area contributed by atoms with Crippen molar-refractivity contribution < 1.29 is 13.6 Å². The summed E-state index contributed by atoms with van der Waals surface area (Å²) in [6.45, 7) is 1.42. The van der Waals surface area contributed by atoms with Crippen LogP contribution in [0.25, 0.3) is 22.6 Å². The largest absolute Gasteiger partial charge is 0.461 e. The molecule has 1 N–H and O–H groups in total. The van der Waals surface area contributed by atoms with Gasteiger partial charge in [0.1, 0.15) is 5.58 Å². The number of benzene rings is 1. The molecule has 28 heavy (non-hydrogen) atoms. The fraction of sp³-hybridized carbons (Fsp3) is 0.158. The van der Waals surface area contributed by atoms with Crippen LogP contribution in [0.1, 0.15) is 12.5 Å². The van der Waals surface area contributed by atoms with Gasteiger partial charge in [0.15, 0.2) is 16.7 Å². The Bertz CT molecular complexity index is 1210. The van der Waals surface area contributed by atoms with Gasteiger partial charge < -0.3 is 18.7 Å². The Balaban J connectivity index is 1.62. The normalized spacial score (nSPS) is 11.1. The first-order valence-corrected chi connectivity index (χ1v) is 9.40. The van der Waals surface area contributed by atoms with Crippen molar-refractivity contribution in [3.63, 3.8) is 0 Å². The molecule has 0 saturated heterocycles. The van der Waals surface area contributed by atoms with Crippen LogP contribution in [-0.4, -0.2) is 20.7 Å². The summed E-state index contributed by atoms with van der Waals surface area (Å²) in [5.41, 5.74) is 1.36. The van der Waals surface area contributed by atoms with Gasteiger partial charge in [-0.2, -0.15) is 0 Å². The van der Waals surface area contributed by atoms with Crippen LogP contribution < -0.4 is 10.9 Å². The molecule has 0 radical (unpaired) electrons. The molecule has 3 aromatic heterocycles. The van der Waals surface area contributed by atoms with Crippen molar-refractivity contribution >= 4 is 34.3 Å². The molecule has 4 rings (SSSR count). The third kappa shape index (κ3) is 3.56. The van der Waals surface area contributed by atoms with Crippen LogP contribution in [0.3, 0.4) is 0 Å². The number of nitrogens with one attached hydrogen (secondary N) is 1. The Morgan fingerprint density at radius 3 is 2.86 bits per heavy atom. The fourth-order valence-electron chi connectivity index (χ4n) is 2.83. The second-order valence-electron chi connectivity index (χ2n) is 6.11. The van der Waals surface area contributed by atoms with Crippen LogP contribution >= 0.6 is 11.8 Å². The predicted octanol–water partition coefficient (Wildman–Crippen LogP) is 3.43. The first-order valence-electron chi connectivity index (χ1n) is 8.42. The number of amides is 1. The average Bonchev–Trinajstić information content (AvgIpc) is 3.28. The fourth-order valence-corrected chi connectivity index (χ4v) is 3.74. The summed E-state index contributed by atoms with van der Waals surface area (Å²) < 4.78 is 12.5. The number of fused-ring (bicyclic) bond motifs is 1. The zero-order chi connectivity index (χ0) is 19.7. The van der Waals surface area contributed by atoms with E-state index in [1.54, 1.807) is 24.5 Å². The van der Waals surface area contributed by atoms with Crippen molar-refractivity contribution in [1.82, 2.24) is 14.8 Å². The molecule has 0 aliphatic carbocycles. The molecular weight excluding hydrogens is 380 g/mol. The highest BCUT2D eigenvalue weighted by molar-refractivity contribution is 7.98. The minimum atomic E-state index is -0.447. The average molecular weight is 396 g/mol. The zero-order valence-corrected chi connectivity index (χ0v) is 15.9. The zero-order valence-electron chi connectivity index (χ0n) is 15.1. The molecule has 0 aliphatic rings. The molecule has 9 heteroatoms. The number of rotatable bonds is 5. The molecule has 1 amide bonds. The molecular formula is C19H16N4O4S. The quantitative estimate of drug-likeness (QED) is 0.407. The Hall–Kier alpha value is -3.33. The Morgan fingerprint density at radius 1 is 1.25 bits per heavy atom. The maximum absolute atomic E-state index is 12.0. The molecule has 8 nitrogen and oxygen atoms in total. The SMILES string of the molecule is CC(=O)Nc1ccc2c(CSc3nnc(-c4ccco4)n3C)cc(=O)oc2c1. The molecule has 0 atom stereocenters. The number of furan rings is 1. The van der Waals surface area contributed by atoms with Gasteiger partial charge in [0, 0.05) is 42.9 Å². The highest BCUT2D eigenvalue weighted by atomic mass is 32.2. The molecule has 0 aliphatic heterocycles. The van der Waals surface area contributed by atoms with Gasteiger partial charge in [-0.1, -0.05) is 11.8 Å². The van der Waals surface area contributed by atoms with E-state index in [1.807, 2.05) is 23.7 Å². The van der Waals surface area contributed by atoms with Gasteiger partial charge >= 0.3 is 5.63 Å². The minimum absolute atomic E-state index is 0.192. The van der Waals surface area contributed by atoms with Gasteiger partial charge in [-0.05, 0) is 29.8 Å². The molecule has 142 valence electrons. The summed E-state index contributed by atoms with van der Waals surface area (Å²) in [6, 6.07) is 10.3. The minimum Gasteiger partial charge on any atom is -0.461 e. The summed E-state index contributed by atoms with van der Waals surface area (Å²) in [5, 5.41) is 12.5. The highest BCUT2D eigenvalue weighted by Gasteiger charge is 2.14. The summed E-state index contributed by atoms with van der Waals surface area (Å²) in [5.74, 6) is 1.58.